The van der Waals surface area contributed by atoms with Gasteiger partial charge in [-0.2, -0.15) is 5.10 Å². The highest BCUT2D eigenvalue weighted by Gasteiger charge is 2.19. The monoisotopic (exact) mass is 236 g/mol. The van der Waals surface area contributed by atoms with Crippen molar-refractivity contribution >= 4 is 5.69 Å². The number of piperidine rings is 1. The van der Waals surface area contributed by atoms with Gasteiger partial charge in [-0.1, -0.05) is 6.92 Å². The zero-order valence-electron chi connectivity index (χ0n) is 11.2. The molecule has 0 unspecified atom stereocenters. The molecular formula is C13H24N4. The molecule has 2 rings (SSSR count). The number of nitrogens with one attached hydrogen (secondary N) is 1. The van der Waals surface area contributed by atoms with E-state index in [4.69, 9.17) is 0 Å². The Hall–Kier alpha value is -1.03. The van der Waals surface area contributed by atoms with Gasteiger partial charge >= 0.3 is 0 Å². The van der Waals surface area contributed by atoms with Gasteiger partial charge in [-0.25, -0.2) is 0 Å². The molecule has 17 heavy (non-hydrogen) atoms. The van der Waals surface area contributed by atoms with Crippen molar-refractivity contribution in [3.63, 3.8) is 0 Å². The molecule has 1 N–H and O–H groups in total. The van der Waals surface area contributed by atoms with Crippen LogP contribution in [0.25, 0.3) is 0 Å². The van der Waals surface area contributed by atoms with E-state index in [2.05, 4.69) is 35.4 Å². The lowest BCUT2D eigenvalue weighted by Crippen LogP contribution is -2.39. The third-order valence-corrected chi connectivity index (χ3v) is 3.50. The standard InChI is InChI=1S/C13H24N4/c1-4-7-17-8-5-12(6-9-17)14-13-10-16(3)15-11(13)2/h10,12,14H,4-9H2,1-3H3. The number of likely N-dealkylation sites (tertiary alicyclic amines) is 1. The third kappa shape index (κ3) is 3.22. The van der Waals surface area contributed by atoms with E-state index in [1.165, 1.54) is 44.6 Å². The van der Waals surface area contributed by atoms with Gasteiger partial charge in [0.2, 0.25) is 0 Å². The van der Waals surface area contributed by atoms with E-state index < -0.39 is 0 Å². The van der Waals surface area contributed by atoms with Gasteiger partial charge in [0, 0.05) is 32.4 Å². The lowest BCUT2D eigenvalue weighted by molar-refractivity contribution is 0.219. The Kier molecular flexibility index (Phi) is 4.05. The summed E-state index contributed by atoms with van der Waals surface area (Å²) in [5.41, 5.74) is 2.30. The summed E-state index contributed by atoms with van der Waals surface area (Å²) in [6.45, 7) is 8.02. The van der Waals surface area contributed by atoms with Crippen LogP contribution < -0.4 is 5.32 Å². The van der Waals surface area contributed by atoms with Crippen LogP contribution >= 0.6 is 0 Å². The lowest BCUT2D eigenvalue weighted by atomic mass is 10.0. The van der Waals surface area contributed by atoms with Gasteiger partial charge in [0.25, 0.3) is 0 Å². The van der Waals surface area contributed by atoms with E-state index in [0.29, 0.717) is 6.04 Å². The fourth-order valence-electron chi connectivity index (χ4n) is 2.58. The van der Waals surface area contributed by atoms with Gasteiger partial charge < -0.3 is 10.2 Å². The summed E-state index contributed by atoms with van der Waals surface area (Å²) >= 11 is 0. The predicted molar refractivity (Wildman–Crippen MR) is 71.3 cm³/mol. The van der Waals surface area contributed by atoms with Crippen LogP contribution in [0.2, 0.25) is 0 Å². The van der Waals surface area contributed by atoms with Crippen LogP contribution in [0.3, 0.4) is 0 Å². The fourth-order valence-corrected chi connectivity index (χ4v) is 2.58. The molecule has 2 heterocycles. The Balaban J connectivity index is 1.84. The first-order valence-corrected chi connectivity index (χ1v) is 6.68. The molecule has 0 spiro atoms. The SMILES string of the molecule is CCCN1CCC(Nc2cn(C)nc2C)CC1. The highest BCUT2D eigenvalue weighted by atomic mass is 15.3. The summed E-state index contributed by atoms with van der Waals surface area (Å²) in [5, 5.41) is 7.99. The van der Waals surface area contributed by atoms with Gasteiger partial charge in [-0.3, -0.25) is 4.68 Å². The Bertz CT molecular complexity index is 350. The Morgan fingerprint density at radius 2 is 2.12 bits per heavy atom. The average Bonchev–Trinajstić information content (AvgIpc) is 2.61. The molecule has 1 aliphatic heterocycles. The van der Waals surface area contributed by atoms with Crippen LogP contribution in [0.1, 0.15) is 31.9 Å². The molecule has 0 saturated carbocycles. The number of hydrogen-bond acceptors (Lipinski definition) is 3. The number of aromatic nitrogens is 2. The normalized spacial score (nSPS) is 18.5. The van der Waals surface area contributed by atoms with Gasteiger partial charge in [0.1, 0.15) is 0 Å². The molecule has 0 radical (unpaired) electrons. The van der Waals surface area contributed by atoms with Crippen LogP contribution in [-0.2, 0) is 7.05 Å². The molecule has 4 nitrogen and oxygen atoms in total. The number of anilines is 1. The van der Waals surface area contributed by atoms with E-state index in [9.17, 15) is 0 Å². The van der Waals surface area contributed by atoms with E-state index >= 15 is 0 Å². The largest absolute Gasteiger partial charge is 0.379 e. The second-order valence-corrected chi connectivity index (χ2v) is 5.06. The van der Waals surface area contributed by atoms with Crippen molar-refractivity contribution in [2.24, 2.45) is 7.05 Å². The molecule has 1 aromatic heterocycles. The summed E-state index contributed by atoms with van der Waals surface area (Å²) in [4.78, 5) is 2.56. The predicted octanol–water partition coefficient (Wildman–Crippen LogP) is 2.01. The highest BCUT2D eigenvalue weighted by Crippen LogP contribution is 2.18. The maximum Gasteiger partial charge on any atom is 0.0825 e. The number of rotatable bonds is 4. The van der Waals surface area contributed by atoms with Crippen LogP contribution in [0, 0.1) is 6.92 Å². The van der Waals surface area contributed by atoms with E-state index in [1.807, 2.05) is 11.7 Å². The van der Waals surface area contributed by atoms with Crippen molar-refractivity contribution in [1.29, 1.82) is 0 Å². The van der Waals surface area contributed by atoms with Crippen molar-refractivity contribution in [2.45, 2.75) is 39.2 Å². The van der Waals surface area contributed by atoms with Gasteiger partial charge in [-0.15, -0.1) is 0 Å². The molecule has 0 aliphatic carbocycles. The van der Waals surface area contributed by atoms with Gasteiger partial charge in [0.05, 0.1) is 11.4 Å². The molecule has 0 aromatic carbocycles. The first-order chi connectivity index (χ1) is 8.19. The molecule has 1 aromatic rings. The number of aryl methyl sites for hydroxylation is 2. The zero-order chi connectivity index (χ0) is 12.3. The van der Waals surface area contributed by atoms with E-state index in [-0.39, 0.29) is 0 Å². The summed E-state index contributed by atoms with van der Waals surface area (Å²) in [5.74, 6) is 0. The molecule has 1 saturated heterocycles. The topological polar surface area (TPSA) is 33.1 Å². The van der Waals surface area contributed by atoms with Crippen LogP contribution in [0.5, 0.6) is 0 Å². The molecule has 0 amide bonds. The minimum atomic E-state index is 0.617. The molecular weight excluding hydrogens is 212 g/mol. The third-order valence-electron chi connectivity index (χ3n) is 3.50. The van der Waals surface area contributed by atoms with Crippen molar-refractivity contribution < 1.29 is 0 Å². The van der Waals surface area contributed by atoms with Crippen molar-refractivity contribution in [3.8, 4) is 0 Å². The van der Waals surface area contributed by atoms with Crippen LogP contribution in [0.15, 0.2) is 6.20 Å². The van der Waals surface area contributed by atoms with Gasteiger partial charge in [-0.05, 0) is 32.7 Å². The molecule has 1 aliphatic rings. The van der Waals surface area contributed by atoms with Crippen molar-refractivity contribution in [2.75, 3.05) is 25.0 Å². The minimum Gasteiger partial charge on any atom is -0.379 e. The van der Waals surface area contributed by atoms with E-state index in [0.717, 1.165) is 5.69 Å². The van der Waals surface area contributed by atoms with Crippen molar-refractivity contribution in [1.82, 2.24) is 14.7 Å². The maximum absolute atomic E-state index is 4.36. The average molecular weight is 236 g/mol. The Labute approximate surface area is 104 Å². The quantitative estimate of drug-likeness (QED) is 0.868. The second-order valence-electron chi connectivity index (χ2n) is 5.06. The first kappa shape index (κ1) is 12.4. The number of nitrogens with zero attached hydrogens (tertiary/aromatic N) is 3. The summed E-state index contributed by atoms with van der Waals surface area (Å²) in [7, 11) is 1.97. The zero-order valence-corrected chi connectivity index (χ0v) is 11.2. The Morgan fingerprint density at radius 1 is 1.41 bits per heavy atom. The summed E-state index contributed by atoms with van der Waals surface area (Å²) in [6, 6.07) is 0.617. The summed E-state index contributed by atoms with van der Waals surface area (Å²) in [6.07, 6.45) is 5.83. The van der Waals surface area contributed by atoms with Crippen LogP contribution in [-0.4, -0.2) is 40.4 Å². The van der Waals surface area contributed by atoms with Gasteiger partial charge in [0.15, 0.2) is 0 Å². The van der Waals surface area contributed by atoms with Crippen LogP contribution in [0.4, 0.5) is 5.69 Å². The fraction of sp³-hybridized carbons (Fsp3) is 0.769. The second kappa shape index (κ2) is 5.54. The number of hydrogen-bond donors (Lipinski definition) is 1. The highest BCUT2D eigenvalue weighted by molar-refractivity contribution is 5.46. The van der Waals surface area contributed by atoms with E-state index in [1.54, 1.807) is 0 Å². The summed E-state index contributed by atoms with van der Waals surface area (Å²) < 4.78 is 1.88. The first-order valence-electron chi connectivity index (χ1n) is 6.68. The minimum absolute atomic E-state index is 0.617. The maximum atomic E-state index is 4.36. The molecule has 1 fully saturated rings. The molecule has 96 valence electrons. The lowest BCUT2D eigenvalue weighted by Gasteiger charge is -2.32. The van der Waals surface area contributed by atoms with Crippen molar-refractivity contribution in [3.05, 3.63) is 11.9 Å². The molecule has 0 bridgehead atoms. The molecule has 4 heteroatoms. The molecule has 0 atom stereocenters. The Morgan fingerprint density at radius 3 is 2.65 bits per heavy atom. The smallest absolute Gasteiger partial charge is 0.0825 e.